The third kappa shape index (κ3) is 7.19. The molecule has 9 heteroatoms. The summed E-state index contributed by atoms with van der Waals surface area (Å²) in [5.74, 6) is -1.63. The van der Waals surface area contributed by atoms with Crippen molar-refractivity contribution in [2.75, 3.05) is 13.6 Å². The average Bonchev–Trinajstić information content (AvgIpc) is 2.53. The van der Waals surface area contributed by atoms with Gasteiger partial charge in [0.25, 0.3) is 0 Å². The molecule has 0 radical (unpaired) electrons. The van der Waals surface area contributed by atoms with Crippen molar-refractivity contribution in [3.8, 4) is 0 Å². The van der Waals surface area contributed by atoms with E-state index in [9.17, 15) is 23.1 Å². The van der Waals surface area contributed by atoms with Crippen molar-refractivity contribution in [3.05, 3.63) is 11.9 Å². The molecule has 0 fully saturated rings. The summed E-state index contributed by atoms with van der Waals surface area (Å²) in [6.07, 6.45) is -4.96. The highest BCUT2D eigenvalue weighted by Gasteiger charge is 2.30. The summed E-state index contributed by atoms with van der Waals surface area (Å²) in [6, 6.07) is 0. The van der Waals surface area contributed by atoms with Crippen LogP contribution < -0.4 is 5.73 Å². The minimum atomic E-state index is -4.58. The zero-order valence-electron chi connectivity index (χ0n) is 11.6. The molecule has 0 aliphatic carbocycles. The Kier molecular flexibility index (Phi) is 6.80. The van der Waals surface area contributed by atoms with Crippen molar-refractivity contribution in [2.24, 2.45) is 11.7 Å². The number of hydrogen-bond donors (Lipinski definition) is 3. The standard InChI is InChI=1S/C8H17N3O.C3H3F3O2/c1-6(2)8(12)11-5-7(9)4-10(11)3;4-3(5,6)1-2(7)8/h4,6,8,12H,5,9H2,1-3H3;1H2,(H,7,8). The first-order valence-electron chi connectivity index (χ1n) is 5.86. The highest BCUT2D eigenvalue weighted by Crippen LogP contribution is 2.18. The second kappa shape index (κ2) is 7.34. The van der Waals surface area contributed by atoms with Gasteiger partial charge in [-0.1, -0.05) is 13.8 Å². The molecule has 0 saturated carbocycles. The van der Waals surface area contributed by atoms with E-state index >= 15 is 0 Å². The molecule has 0 aromatic carbocycles. The summed E-state index contributed by atoms with van der Waals surface area (Å²) >= 11 is 0. The smallest absolute Gasteiger partial charge is 0.399 e. The van der Waals surface area contributed by atoms with Crippen LogP contribution in [0.3, 0.4) is 0 Å². The Morgan fingerprint density at radius 2 is 2.00 bits per heavy atom. The summed E-state index contributed by atoms with van der Waals surface area (Å²) in [5.41, 5.74) is 6.41. The van der Waals surface area contributed by atoms with E-state index in [1.807, 2.05) is 37.1 Å². The number of hydrazine groups is 1. The summed E-state index contributed by atoms with van der Waals surface area (Å²) in [4.78, 5) is 9.29. The summed E-state index contributed by atoms with van der Waals surface area (Å²) < 4.78 is 32.8. The summed E-state index contributed by atoms with van der Waals surface area (Å²) in [7, 11) is 1.88. The van der Waals surface area contributed by atoms with Crippen molar-refractivity contribution in [1.82, 2.24) is 10.0 Å². The van der Waals surface area contributed by atoms with Crippen LogP contribution in [-0.4, -0.2) is 52.2 Å². The first-order chi connectivity index (χ1) is 8.94. The number of nitrogens with two attached hydrogens (primary N) is 1. The Morgan fingerprint density at radius 1 is 1.50 bits per heavy atom. The predicted octanol–water partition coefficient (Wildman–Crippen LogP) is 0.947. The van der Waals surface area contributed by atoms with E-state index < -0.39 is 24.8 Å². The molecule has 0 aromatic rings. The maximum Gasteiger partial charge on any atom is 0.399 e. The Labute approximate surface area is 115 Å². The van der Waals surface area contributed by atoms with Gasteiger partial charge in [-0.3, -0.25) is 4.79 Å². The van der Waals surface area contributed by atoms with Gasteiger partial charge in [0.15, 0.2) is 0 Å². The molecule has 1 aliphatic heterocycles. The lowest BCUT2D eigenvalue weighted by molar-refractivity contribution is -0.166. The van der Waals surface area contributed by atoms with Crippen molar-refractivity contribution in [2.45, 2.75) is 32.7 Å². The van der Waals surface area contributed by atoms with E-state index in [1.54, 1.807) is 0 Å². The van der Waals surface area contributed by atoms with Gasteiger partial charge in [-0.05, 0) is 5.92 Å². The number of aliphatic hydroxyl groups excluding tert-OH is 1. The zero-order valence-corrected chi connectivity index (χ0v) is 11.6. The van der Waals surface area contributed by atoms with Gasteiger partial charge >= 0.3 is 12.1 Å². The molecular formula is C11H20F3N3O3. The lowest BCUT2D eigenvalue weighted by Gasteiger charge is -2.31. The van der Waals surface area contributed by atoms with Crippen LogP contribution in [0.2, 0.25) is 0 Å². The molecule has 0 amide bonds. The highest BCUT2D eigenvalue weighted by molar-refractivity contribution is 5.67. The molecule has 0 bridgehead atoms. The molecule has 0 aromatic heterocycles. The lowest BCUT2D eigenvalue weighted by atomic mass is 10.2. The number of aliphatic carboxylic acids is 1. The number of aliphatic hydroxyl groups is 1. The van der Waals surface area contributed by atoms with Crippen molar-refractivity contribution in [3.63, 3.8) is 0 Å². The molecule has 0 saturated heterocycles. The van der Waals surface area contributed by atoms with Gasteiger partial charge in [-0.15, -0.1) is 0 Å². The highest BCUT2D eigenvalue weighted by atomic mass is 19.4. The Hall–Kier alpha value is -1.48. The number of halogens is 3. The molecule has 20 heavy (non-hydrogen) atoms. The molecule has 6 nitrogen and oxygen atoms in total. The van der Waals surface area contributed by atoms with Gasteiger partial charge in [0, 0.05) is 18.9 Å². The topological polar surface area (TPSA) is 90.0 Å². The van der Waals surface area contributed by atoms with Gasteiger partial charge < -0.3 is 21.0 Å². The van der Waals surface area contributed by atoms with Gasteiger partial charge in [0.1, 0.15) is 12.6 Å². The number of carboxylic acid groups (broad SMARTS) is 1. The van der Waals surface area contributed by atoms with E-state index in [0.29, 0.717) is 6.54 Å². The number of carbonyl (C=O) groups is 1. The fraction of sp³-hybridized carbons (Fsp3) is 0.727. The van der Waals surface area contributed by atoms with E-state index in [0.717, 1.165) is 5.70 Å². The van der Waals surface area contributed by atoms with Crippen LogP contribution >= 0.6 is 0 Å². The van der Waals surface area contributed by atoms with Gasteiger partial charge in [-0.25, -0.2) is 0 Å². The van der Waals surface area contributed by atoms with Crippen molar-refractivity contribution < 1.29 is 28.2 Å². The fourth-order valence-electron chi connectivity index (χ4n) is 1.45. The van der Waals surface area contributed by atoms with Crippen molar-refractivity contribution >= 4 is 5.97 Å². The third-order valence-corrected chi connectivity index (χ3v) is 2.36. The fourth-order valence-corrected chi connectivity index (χ4v) is 1.45. The molecule has 0 spiro atoms. The molecule has 4 N–H and O–H groups in total. The maximum atomic E-state index is 10.9. The van der Waals surface area contributed by atoms with Gasteiger partial charge in [0.2, 0.25) is 0 Å². The van der Waals surface area contributed by atoms with E-state index in [4.69, 9.17) is 10.8 Å². The third-order valence-electron chi connectivity index (χ3n) is 2.36. The Balaban J connectivity index is 0.000000396. The van der Waals surface area contributed by atoms with Gasteiger partial charge in [0.05, 0.1) is 6.54 Å². The van der Waals surface area contributed by atoms with E-state index in [-0.39, 0.29) is 5.92 Å². The first-order valence-corrected chi connectivity index (χ1v) is 5.86. The van der Waals surface area contributed by atoms with Crippen LogP contribution in [0.4, 0.5) is 13.2 Å². The maximum absolute atomic E-state index is 10.9. The Morgan fingerprint density at radius 3 is 2.20 bits per heavy atom. The minimum Gasteiger partial charge on any atom is -0.481 e. The lowest BCUT2D eigenvalue weighted by Crippen LogP contribution is -2.44. The minimum absolute atomic E-state index is 0.215. The van der Waals surface area contributed by atoms with Gasteiger partial charge in [-0.2, -0.15) is 18.2 Å². The largest absolute Gasteiger partial charge is 0.481 e. The van der Waals surface area contributed by atoms with Crippen LogP contribution in [0.5, 0.6) is 0 Å². The van der Waals surface area contributed by atoms with Crippen LogP contribution in [0.15, 0.2) is 11.9 Å². The molecule has 1 aliphatic rings. The van der Waals surface area contributed by atoms with Crippen LogP contribution in [0.1, 0.15) is 20.3 Å². The van der Waals surface area contributed by atoms with Crippen molar-refractivity contribution in [1.29, 1.82) is 0 Å². The second-order valence-electron chi connectivity index (χ2n) is 4.72. The zero-order chi connectivity index (χ0) is 16.1. The normalized spacial score (nSPS) is 17.6. The number of rotatable bonds is 3. The number of hydrogen-bond acceptors (Lipinski definition) is 5. The van der Waals surface area contributed by atoms with E-state index in [1.165, 1.54) is 0 Å². The molecule has 1 heterocycles. The van der Waals surface area contributed by atoms with Crippen LogP contribution in [-0.2, 0) is 4.79 Å². The quantitative estimate of drug-likeness (QED) is 0.719. The molecular weight excluding hydrogens is 279 g/mol. The second-order valence-corrected chi connectivity index (χ2v) is 4.72. The Bertz CT molecular complexity index is 359. The predicted molar refractivity (Wildman–Crippen MR) is 65.9 cm³/mol. The monoisotopic (exact) mass is 299 g/mol. The summed E-state index contributed by atoms with van der Waals surface area (Å²) in [6.45, 7) is 4.58. The van der Waals surface area contributed by atoms with E-state index in [2.05, 4.69) is 0 Å². The SMILES string of the molecule is CC(C)C(O)N1CC(N)=CN1C.O=C(O)CC(F)(F)F. The summed E-state index contributed by atoms with van der Waals surface area (Å²) in [5, 5.41) is 20.9. The first kappa shape index (κ1) is 18.5. The molecule has 1 unspecified atom stereocenters. The number of carboxylic acids is 1. The van der Waals surface area contributed by atoms with Crippen LogP contribution in [0, 0.1) is 5.92 Å². The number of nitrogens with zero attached hydrogens (tertiary/aromatic N) is 2. The molecule has 1 rings (SSSR count). The molecule has 1 atom stereocenters. The number of alkyl halides is 3. The average molecular weight is 299 g/mol. The van der Waals surface area contributed by atoms with Crippen LogP contribution in [0.25, 0.3) is 0 Å². The molecule has 118 valence electrons.